The van der Waals surface area contributed by atoms with Crippen LogP contribution in [0.25, 0.3) is 32.1 Å². The second-order valence-corrected chi connectivity index (χ2v) is 14.0. The van der Waals surface area contributed by atoms with Crippen LogP contribution < -0.4 is 20.1 Å². The van der Waals surface area contributed by atoms with Crippen molar-refractivity contribution in [2.75, 3.05) is 56.8 Å². The summed E-state index contributed by atoms with van der Waals surface area (Å²) in [6.07, 6.45) is 0.587. The summed E-state index contributed by atoms with van der Waals surface area (Å²) in [4.78, 5) is 13.2. The molecule has 0 amide bonds. The minimum absolute atomic E-state index is 0.0219. The summed E-state index contributed by atoms with van der Waals surface area (Å²) in [5.74, 6) is -1.32. The molecule has 0 saturated carbocycles. The minimum atomic E-state index is -1.02. The molecule has 6 heterocycles. The number of anilines is 2. The number of benzene rings is 2. The maximum atomic E-state index is 17.1. The third kappa shape index (κ3) is 4.76. The standard InChI is InChI=1S/C32H29ClF4N6O3S/c33-24-22(18-2-3-20(36)28-21(18)19(10-38)29(39)47-28)25(37)26-23-27(24)46-17(9-34)12-43(16-4-7-44-13-16)30(23)41-31(40-26)45-14-32-5-1-6-42(32)11-15(35)8-32/h2-3,15-17H,1,4-9,11-14,39H2/t15-,16?,17?,32+/m1/s1. The van der Waals surface area contributed by atoms with Crippen molar-refractivity contribution in [1.29, 1.82) is 5.26 Å². The van der Waals surface area contributed by atoms with Crippen LogP contribution in [-0.2, 0) is 4.74 Å². The lowest BCUT2D eigenvalue weighted by Gasteiger charge is -2.32. The maximum Gasteiger partial charge on any atom is 0.319 e. The van der Waals surface area contributed by atoms with Crippen molar-refractivity contribution in [3.05, 3.63) is 34.4 Å². The van der Waals surface area contributed by atoms with Crippen molar-refractivity contribution >= 4 is 54.7 Å². The van der Waals surface area contributed by atoms with Gasteiger partial charge in [-0.05, 0) is 37.4 Å². The monoisotopic (exact) mass is 688 g/mol. The van der Waals surface area contributed by atoms with E-state index < -0.39 is 36.1 Å². The molecule has 4 aromatic rings. The molecule has 2 aromatic heterocycles. The van der Waals surface area contributed by atoms with Gasteiger partial charge in [0.1, 0.15) is 53.8 Å². The Balaban J connectivity index is 1.36. The summed E-state index contributed by atoms with van der Waals surface area (Å²) < 4.78 is 79.3. The SMILES string of the molecule is N#Cc1c(N)sc2c(F)ccc(-c3c(Cl)c4c5c(nc(OC[C@@]67CCCN6C[C@H](F)C7)nc5c3F)N(C3CCOC3)CC(CF)O4)c12. The van der Waals surface area contributed by atoms with Crippen molar-refractivity contribution < 1.29 is 31.8 Å². The normalized spacial score (nSPS) is 25.7. The molecular weight excluding hydrogens is 660 g/mol. The Kier molecular flexibility index (Phi) is 7.51. The number of aromatic nitrogens is 2. The first kappa shape index (κ1) is 30.7. The molecular formula is C32H29ClF4N6O3S. The molecule has 0 radical (unpaired) electrons. The highest BCUT2D eigenvalue weighted by Gasteiger charge is 2.49. The van der Waals surface area contributed by atoms with Crippen molar-refractivity contribution in [2.45, 2.75) is 49.5 Å². The number of halogens is 5. The van der Waals surface area contributed by atoms with Crippen LogP contribution in [0.5, 0.6) is 11.8 Å². The van der Waals surface area contributed by atoms with Gasteiger partial charge in [0.25, 0.3) is 0 Å². The van der Waals surface area contributed by atoms with E-state index in [0.717, 1.165) is 36.8 Å². The van der Waals surface area contributed by atoms with E-state index >= 15 is 4.39 Å². The van der Waals surface area contributed by atoms with E-state index in [4.69, 9.17) is 36.5 Å². The van der Waals surface area contributed by atoms with Gasteiger partial charge in [-0.25, -0.2) is 17.6 Å². The Morgan fingerprint density at radius 1 is 1.23 bits per heavy atom. The number of nitrogens with zero attached hydrogens (tertiary/aromatic N) is 5. The minimum Gasteiger partial charge on any atom is -0.483 e. The molecule has 2 unspecified atom stereocenters. The van der Waals surface area contributed by atoms with Crippen LogP contribution in [0.15, 0.2) is 12.1 Å². The third-order valence-electron chi connectivity index (χ3n) is 9.85. The average Bonchev–Trinajstić information content (AvgIpc) is 3.83. The summed E-state index contributed by atoms with van der Waals surface area (Å²) in [7, 11) is 0. The van der Waals surface area contributed by atoms with Crippen LogP contribution in [0.3, 0.4) is 0 Å². The number of thiophene rings is 1. The molecule has 15 heteroatoms. The maximum absolute atomic E-state index is 17.1. The van der Waals surface area contributed by atoms with Crippen LogP contribution in [0.1, 0.15) is 31.2 Å². The molecule has 0 aliphatic carbocycles. The zero-order chi connectivity index (χ0) is 32.6. The Morgan fingerprint density at radius 3 is 2.85 bits per heavy atom. The predicted octanol–water partition coefficient (Wildman–Crippen LogP) is 6.18. The van der Waals surface area contributed by atoms with Gasteiger partial charge in [0.05, 0.1) is 45.4 Å². The Bertz CT molecular complexity index is 1970. The average molecular weight is 689 g/mol. The number of fused-ring (bicyclic) bond motifs is 2. The molecule has 4 aliphatic rings. The molecule has 4 atom stereocenters. The van der Waals surface area contributed by atoms with Gasteiger partial charge in [-0.2, -0.15) is 15.2 Å². The predicted molar refractivity (Wildman–Crippen MR) is 170 cm³/mol. The highest BCUT2D eigenvalue weighted by atomic mass is 35.5. The number of nitriles is 1. The van der Waals surface area contributed by atoms with Gasteiger partial charge in [0.15, 0.2) is 11.6 Å². The highest BCUT2D eigenvalue weighted by Crippen LogP contribution is 2.51. The highest BCUT2D eigenvalue weighted by molar-refractivity contribution is 7.23. The summed E-state index contributed by atoms with van der Waals surface area (Å²) in [6.45, 7) is 1.17. The summed E-state index contributed by atoms with van der Waals surface area (Å²) >= 11 is 7.84. The number of ether oxygens (including phenoxy) is 3. The van der Waals surface area contributed by atoms with Crippen molar-refractivity contribution in [2.24, 2.45) is 0 Å². The largest absolute Gasteiger partial charge is 0.483 e. The molecule has 3 saturated heterocycles. The number of alkyl halides is 2. The second-order valence-electron chi connectivity index (χ2n) is 12.6. The van der Waals surface area contributed by atoms with Gasteiger partial charge in [-0.15, -0.1) is 11.3 Å². The van der Waals surface area contributed by atoms with E-state index in [1.165, 1.54) is 6.07 Å². The smallest absolute Gasteiger partial charge is 0.319 e. The fourth-order valence-electron chi connectivity index (χ4n) is 7.69. The van der Waals surface area contributed by atoms with E-state index in [0.29, 0.717) is 32.6 Å². The van der Waals surface area contributed by atoms with Crippen LogP contribution in [0.4, 0.5) is 28.4 Å². The molecule has 8 rings (SSSR count). The van der Waals surface area contributed by atoms with E-state index in [1.54, 1.807) is 0 Å². The van der Waals surface area contributed by atoms with Crippen molar-refractivity contribution in [3.8, 4) is 29.0 Å². The van der Waals surface area contributed by atoms with Crippen LogP contribution in [0.2, 0.25) is 5.02 Å². The van der Waals surface area contributed by atoms with Crippen LogP contribution in [-0.4, -0.2) is 84.9 Å². The molecule has 47 heavy (non-hydrogen) atoms. The zero-order valence-corrected chi connectivity index (χ0v) is 26.6. The van der Waals surface area contributed by atoms with Gasteiger partial charge in [0.2, 0.25) is 0 Å². The lowest BCUT2D eigenvalue weighted by molar-refractivity contribution is 0.107. The third-order valence-corrected chi connectivity index (χ3v) is 11.2. The van der Waals surface area contributed by atoms with Crippen molar-refractivity contribution in [3.63, 3.8) is 0 Å². The van der Waals surface area contributed by atoms with Gasteiger partial charge in [-0.1, -0.05) is 17.7 Å². The Hall–Kier alpha value is -3.64. The molecule has 4 aliphatic heterocycles. The van der Waals surface area contributed by atoms with Gasteiger partial charge in [-0.3, -0.25) is 4.90 Å². The Labute approximate surface area is 275 Å². The van der Waals surface area contributed by atoms with Crippen molar-refractivity contribution in [1.82, 2.24) is 14.9 Å². The lowest BCUT2D eigenvalue weighted by Crippen LogP contribution is -2.44. The molecule has 2 N–H and O–H groups in total. The first-order valence-corrected chi connectivity index (χ1v) is 16.6. The molecule has 246 valence electrons. The zero-order valence-electron chi connectivity index (χ0n) is 25.0. The van der Waals surface area contributed by atoms with Crippen LogP contribution in [0, 0.1) is 23.0 Å². The Morgan fingerprint density at radius 2 is 2.09 bits per heavy atom. The number of nitrogen functional groups attached to an aromatic ring is 1. The van der Waals surface area contributed by atoms with Gasteiger partial charge < -0.3 is 24.8 Å². The first-order valence-electron chi connectivity index (χ1n) is 15.5. The molecule has 2 aromatic carbocycles. The fourth-order valence-corrected chi connectivity index (χ4v) is 8.96. The number of hydrogen-bond acceptors (Lipinski definition) is 10. The molecule has 9 nitrogen and oxygen atoms in total. The van der Waals surface area contributed by atoms with Gasteiger partial charge in [0, 0.05) is 30.5 Å². The van der Waals surface area contributed by atoms with E-state index in [-0.39, 0.29) is 84.5 Å². The molecule has 0 spiro atoms. The lowest BCUT2D eigenvalue weighted by atomic mass is 9.95. The quantitative estimate of drug-likeness (QED) is 0.238. The molecule has 0 bridgehead atoms. The summed E-state index contributed by atoms with van der Waals surface area (Å²) in [5.41, 5.74) is 5.20. The van der Waals surface area contributed by atoms with E-state index in [1.807, 2.05) is 11.0 Å². The van der Waals surface area contributed by atoms with Crippen LogP contribution >= 0.6 is 22.9 Å². The summed E-state index contributed by atoms with van der Waals surface area (Å²) in [6, 6.07) is 4.10. The fraction of sp³-hybridized carbons (Fsp3) is 0.469. The number of hydrogen-bond donors (Lipinski definition) is 1. The van der Waals surface area contributed by atoms with E-state index in [9.17, 15) is 18.4 Å². The summed E-state index contributed by atoms with van der Waals surface area (Å²) in [5, 5.41) is 9.98. The number of nitrogens with two attached hydrogens (primary N) is 1. The van der Waals surface area contributed by atoms with Gasteiger partial charge >= 0.3 is 6.01 Å². The first-order chi connectivity index (χ1) is 22.7. The topological polar surface area (TPSA) is 110 Å². The second kappa shape index (κ2) is 11.5. The van der Waals surface area contributed by atoms with E-state index in [2.05, 4.69) is 9.88 Å². The number of rotatable bonds is 6. The molecule has 3 fully saturated rings.